The largest absolute Gasteiger partial charge is 0.237 e. The molecule has 0 aliphatic carbocycles. The Bertz CT molecular complexity index is 71.3. The van der Waals surface area contributed by atoms with E-state index in [1.54, 1.807) is 0 Å². The van der Waals surface area contributed by atoms with E-state index < -0.39 is 0 Å². The summed E-state index contributed by atoms with van der Waals surface area (Å²) in [6.45, 7) is 4.65. The van der Waals surface area contributed by atoms with E-state index in [4.69, 9.17) is 0 Å². The van der Waals surface area contributed by atoms with Gasteiger partial charge in [0.25, 0.3) is 0 Å². The van der Waals surface area contributed by atoms with Gasteiger partial charge in [-0.2, -0.15) is 0 Å². The minimum absolute atomic E-state index is 0.114. The first kappa shape index (κ1) is 11.0. The van der Waals surface area contributed by atoms with Crippen molar-refractivity contribution in [3.63, 3.8) is 0 Å². The Morgan fingerprint density at radius 3 is 2.27 bits per heavy atom. The lowest BCUT2D eigenvalue weighted by Gasteiger charge is -2.06. The summed E-state index contributed by atoms with van der Waals surface area (Å²) in [7, 11) is 0. The second-order valence-electron chi connectivity index (χ2n) is 3.42. The highest BCUT2D eigenvalue weighted by atomic mass is 16.2. The average molecular weight is 157 g/mol. The fourth-order valence-corrected chi connectivity index (χ4v) is 1.15. The van der Waals surface area contributed by atoms with Gasteiger partial charge < -0.3 is 0 Å². The summed E-state index contributed by atoms with van der Waals surface area (Å²) in [6, 6.07) is 0. The van der Waals surface area contributed by atoms with E-state index in [-0.39, 0.29) is 6.61 Å². The van der Waals surface area contributed by atoms with E-state index >= 15 is 0 Å². The van der Waals surface area contributed by atoms with Crippen LogP contribution in [0.1, 0.15) is 52.4 Å². The lowest BCUT2D eigenvalue weighted by molar-refractivity contribution is 0.185. The molecule has 0 aliphatic heterocycles. The van der Waals surface area contributed by atoms with Crippen molar-refractivity contribution >= 4 is 0 Å². The smallest absolute Gasteiger partial charge is 0.0822 e. The Balaban J connectivity index is 2.89. The number of hydrogen-bond acceptors (Lipinski definition) is 0. The Kier molecular flexibility index (Phi) is 8.03. The first-order valence-corrected chi connectivity index (χ1v) is 4.89. The first-order valence-electron chi connectivity index (χ1n) is 4.89. The SMILES string of the molecule is CCC(C)CCCCCC[O]. The number of hydrogen-bond donors (Lipinski definition) is 0. The van der Waals surface area contributed by atoms with Crippen LogP contribution < -0.4 is 0 Å². The molecule has 1 heteroatoms. The lowest BCUT2D eigenvalue weighted by Crippen LogP contribution is -1.91. The molecule has 0 bridgehead atoms. The molecule has 1 unspecified atom stereocenters. The quantitative estimate of drug-likeness (QED) is 0.505. The van der Waals surface area contributed by atoms with E-state index in [2.05, 4.69) is 13.8 Å². The minimum Gasteiger partial charge on any atom is -0.237 e. The van der Waals surface area contributed by atoms with Crippen molar-refractivity contribution in [1.82, 2.24) is 0 Å². The molecule has 0 saturated carbocycles. The zero-order chi connectivity index (χ0) is 8.53. The van der Waals surface area contributed by atoms with Crippen molar-refractivity contribution in [1.29, 1.82) is 0 Å². The van der Waals surface area contributed by atoms with Crippen LogP contribution in [0.2, 0.25) is 0 Å². The van der Waals surface area contributed by atoms with Gasteiger partial charge in [-0.15, -0.1) is 0 Å². The summed E-state index contributed by atoms with van der Waals surface area (Å²) in [5.41, 5.74) is 0. The van der Waals surface area contributed by atoms with E-state index in [1.807, 2.05) is 0 Å². The van der Waals surface area contributed by atoms with Crippen molar-refractivity contribution < 1.29 is 5.11 Å². The highest BCUT2D eigenvalue weighted by Crippen LogP contribution is 2.12. The summed E-state index contributed by atoms with van der Waals surface area (Å²) < 4.78 is 0. The standard InChI is InChI=1S/C10H21O/c1-3-10(2)8-6-4-5-7-9-11/h10H,3-9H2,1-2H3. The minimum atomic E-state index is 0.114. The molecule has 67 valence electrons. The van der Waals surface area contributed by atoms with Crippen molar-refractivity contribution in [3.8, 4) is 0 Å². The molecule has 0 N–H and O–H groups in total. The number of rotatable bonds is 7. The fraction of sp³-hybridized carbons (Fsp3) is 1.00. The maximum Gasteiger partial charge on any atom is 0.0822 e. The second kappa shape index (κ2) is 8.06. The summed E-state index contributed by atoms with van der Waals surface area (Å²) in [4.78, 5) is 0. The molecule has 1 nitrogen and oxygen atoms in total. The molecule has 1 atom stereocenters. The predicted molar refractivity (Wildman–Crippen MR) is 48.1 cm³/mol. The third-order valence-electron chi connectivity index (χ3n) is 2.29. The first-order chi connectivity index (χ1) is 5.31. The molecule has 0 saturated heterocycles. The molecule has 0 heterocycles. The normalized spacial score (nSPS) is 13.4. The van der Waals surface area contributed by atoms with Gasteiger partial charge in [0.1, 0.15) is 0 Å². The van der Waals surface area contributed by atoms with Crippen LogP contribution >= 0.6 is 0 Å². The topological polar surface area (TPSA) is 19.9 Å². The van der Waals surface area contributed by atoms with Gasteiger partial charge in [0.05, 0.1) is 6.61 Å². The molecule has 0 aromatic carbocycles. The van der Waals surface area contributed by atoms with Gasteiger partial charge in [0.2, 0.25) is 0 Å². The zero-order valence-electron chi connectivity index (χ0n) is 7.94. The van der Waals surface area contributed by atoms with E-state index in [1.165, 1.54) is 25.7 Å². The van der Waals surface area contributed by atoms with Gasteiger partial charge in [-0.1, -0.05) is 46.0 Å². The Morgan fingerprint density at radius 2 is 1.73 bits per heavy atom. The fourth-order valence-electron chi connectivity index (χ4n) is 1.15. The third kappa shape index (κ3) is 7.86. The van der Waals surface area contributed by atoms with Gasteiger partial charge in [-0.3, -0.25) is 0 Å². The van der Waals surface area contributed by atoms with E-state index in [9.17, 15) is 5.11 Å². The molecular formula is C10H21O. The average Bonchev–Trinajstić information content (AvgIpc) is 2.04. The summed E-state index contributed by atoms with van der Waals surface area (Å²) in [5, 5.41) is 10.1. The Labute approximate surface area is 70.8 Å². The molecule has 0 aliphatic rings. The van der Waals surface area contributed by atoms with Crippen LogP contribution in [0.15, 0.2) is 0 Å². The molecular weight excluding hydrogens is 136 g/mol. The van der Waals surface area contributed by atoms with Crippen molar-refractivity contribution in [2.75, 3.05) is 6.61 Å². The van der Waals surface area contributed by atoms with Crippen LogP contribution in [-0.4, -0.2) is 6.61 Å². The highest BCUT2D eigenvalue weighted by molar-refractivity contribution is 4.50. The van der Waals surface area contributed by atoms with E-state index in [0.29, 0.717) is 0 Å². The molecule has 0 spiro atoms. The van der Waals surface area contributed by atoms with E-state index in [0.717, 1.165) is 18.8 Å². The lowest BCUT2D eigenvalue weighted by atomic mass is 10.0. The number of unbranched alkanes of at least 4 members (excludes halogenated alkanes) is 3. The highest BCUT2D eigenvalue weighted by Gasteiger charge is 1.97. The van der Waals surface area contributed by atoms with Gasteiger partial charge in [-0.05, 0) is 12.3 Å². The Hall–Kier alpha value is -0.0400. The van der Waals surface area contributed by atoms with Crippen LogP contribution in [-0.2, 0) is 5.11 Å². The van der Waals surface area contributed by atoms with Crippen molar-refractivity contribution in [2.24, 2.45) is 5.92 Å². The molecule has 0 aromatic rings. The van der Waals surface area contributed by atoms with Crippen molar-refractivity contribution in [3.05, 3.63) is 0 Å². The van der Waals surface area contributed by atoms with Gasteiger partial charge >= 0.3 is 0 Å². The maximum atomic E-state index is 10.1. The van der Waals surface area contributed by atoms with Crippen molar-refractivity contribution in [2.45, 2.75) is 52.4 Å². The maximum absolute atomic E-state index is 10.1. The summed E-state index contributed by atoms with van der Waals surface area (Å²) in [6.07, 6.45) is 7.22. The molecule has 0 aromatic heterocycles. The van der Waals surface area contributed by atoms with Crippen LogP contribution in [0, 0.1) is 5.92 Å². The monoisotopic (exact) mass is 157 g/mol. The predicted octanol–water partition coefficient (Wildman–Crippen LogP) is 3.41. The molecule has 0 fully saturated rings. The van der Waals surface area contributed by atoms with Crippen LogP contribution in [0.25, 0.3) is 0 Å². The van der Waals surface area contributed by atoms with Crippen LogP contribution in [0.5, 0.6) is 0 Å². The molecule has 0 amide bonds. The zero-order valence-corrected chi connectivity index (χ0v) is 7.94. The van der Waals surface area contributed by atoms with Crippen LogP contribution in [0.3, 0.4) is 0 Å². The molecule has 0 rings (SSSR count). The second-order valence-corrected chi connectivity index (χ2v) is 3.42. The van der Waals surface area contributed by atoms with Crippen LogP contribution in [0.4, 0.5) is 0 Å². The molecule has 1 radical (unpaired) electrons. The molecule has 11 heavy (non-hydrogen) atoms. The van der Waals surface area contributed by atoms with Gasteiger partial charge in [0, 0.05) is 0 Å². The Morgan fingerprint density at radius 1 is 1.09 bits per heavy atom. The summed E-state index contributed by atoms with van der Waals surface area (Å²) in [5.74, 6) is 0.877. The van der Waals surface area contributed by atoms with Gasteiger partial charge in [0.15, 0.2) is 0 Å². The summed E-state index contributed by atoms with van der Waals surface area (Å²) >= 11 is 0. The van der Waals surface area contributed by atoms with Gasteiger partial charge in [-0.25, -0.2) is 5.11 Å². The third-order valence-corrected chi connectivity index (χ3v) is 2.29.